The van der Waals surface area contributed by atoms with E-state index >= 15 is 0 Å². The molecule has 0 aliphatic carbocycles. The molecule has 2 aromatic carbocycles. The van der Waals surface area contributed by atoms with Crippen LogP contribution in [0.3, 0.4) is 0 Å². The number of rotatable bonds is 9. The summed E-state index contributed by atoms with van der Waals surface area (Å²) in [5, 5.41) is 12.4. The number of nitrogens with zero attached hydrogens (tertiary/aromatic N) is 3. The lowest BCUT2D eigenvalue weighted by Crippen LogP contribution is -2.24. The Morgan fingerprint density at radius 1 is 1.18 bits per heavy atom. The molecule has 8 heteroatoms. The first-order valence-corrected chi connectivity index (χ1v) is 10.0. The van der Waals surface area contributed by atoms with E-state index in [0.29, 0.717) is 53.6 Å². The van der Waals surface area contributed by atoms with Crippen LogP contribution in [-0.2, 0) is 17.0 Å². The van der Waals surface area contributed by atoms with Gasteiger partial charge in [-0.15, -0.1) is 0 Å². The van der Waals surface area contributed by atoms with Crippen molar-refractivity contribution < 1.29 is 9.66 Å². The molecule has 0 radical (unpaired) electrons. The van der Waals surface area contributed by atoms with Crippen molar-refractivity contribution in [1.29, 1.82) is 0 Å². The van der Waals surface area contributed by atoms with Crippen LogP contribution in [0.5, 0.6) is 0 Å². The predicted octanol–water partition coefficient (Wildman–Crippen LogP) is 4.02. The molecule has 0 unspecified atom stereocenters. The van der Waals surface area contributed by atoms with Crippen LogP contribution in [-0.4, -0.2) is 27.7 Å². The van der Waals surface area contributed by atoms with Gasteiger partial charge in [-0.2, -0.15) is 0 Å². The quantitative estimate of drug-likeness (QED) is 0.178. The molecule has 0 saturated carbocycles. The highest BCUT2D eigenvalue weighted by atomic mass is 32.2. The summed E-state index contributed by atoms with van der Waals surface area (Å²) >= 11 is 1.33. The lowest BCUT2D eigenvalue weighted by molar-refractivity contribution is -0.385. The summed E-state index contributed by atoms with van der Waals surface area (Å²) in [5.74, 6) is 0.355. The minimum absolute atomic E-state index is 0.0704. The average molecular weight is 399 g/mol. The Morgan fingerprint density at radius 3 is 2.71 bits per heavy atom. The molecular formula is C20H21N3O4S. The summed E-state index contributed by atoms with van der Waals surface area (Å²) in [5.41, 5.74) is 1.19. The number of nitro benzene ring substituents is 1. The van der Waals surface area contributed by atoms with Crippen LogP contribution >= 0.6 is 11.8 Å². The molecule has 0 amide bonds. The largest absolute Gasteiger partial charge is 0.382 e. The molecule has 3 aromatic rings. The van der Waals surface area contributed by atoms with Gasteiger partial charge < -0.3 is 4.74 Å². The monoisotopic (exact) mass is 399 g/mol. The van der Waals surface area contributed by atoms with Crippen LogP contribution < -0.4 is 5.56 Å². The van der Waals surface area contributed by atoms with Crippen LogP contribution in [0.2, 0.25) is 0 Å². The smallest absolute Gasteiger partial charge is 0.273 e. The van der Waals surface area contributed by atoms with Gasteiger partial charge in [-0.25, -0.2) is 4.98 Å². The first-order valence-electron chi connectivity index (χ1n) is 9.04. The molecule has 0 bridgehead atoms. The van der Waals surface area contributed by atoms with Gasteiger partial charge in [-0.05, 0) is 25.5 Å². The van der Waals surface area contributed by atoms with Gasteiger partial charge in [0.15, 0.2) is 5.16 Å². The zero-order valence-corrected chi connectivity index (χ0v) is 16.4. The maximum Gasteiger partial charge on any atom is 0.273 e. The lowest BCUT2D eigenvalue weighted by atomic mass is 10.2. The Balaban J connectivity index is 1.92. The molecule has 28 heavy (non-hydrogen) atoms. The van der Waals surface area contributed by atoms with E-state index in [1.54, 1.807) is 34.9 Å². The third kappa shape index (κ3) is 4.58. The second kappa shape index (κ2) is 9.48. The van der Waals surface area contributed by atoms with E-state index in [2.05, 4.69) is 4.98 Å². The molecule has 0 spiro atoms. The van der Waals surface area contributed by atoms with E-state index in [4.69, 9.17) is 4.74 Å². The van der Waals surface area contributed by atoms with Gasteiger partial charge in [0, 0.05) is 37.1 Å². The van der Waals surface area contributed by atoms with E-state index in [1.807, 2.05) is 19.1 Å². The van der Waals surface area contributed by atoms with Gasteiger partial charge >= 0.3 is 0 Å². The summed E-state index contributed by atoms with van der Waals surface area (Å²) < 4.78 is 7.02. The highest BCUT2D eigenvalue weighted by molar-refractivity contribution is 7.98. The van der Waals surface area contributed by atoms with Crippen molar-refractivity contribution in [1.82, 2.24) is 9.55 Å². The Kier molecular flexibility index (Phi) is 6.78. The number of para-hydroxylation sites is 2. The second-order valence-electron chi connectivity index (χ2n) is 6.09. The first-order chi connectivity index (χ1) is 13.6. The number of benzene rings is 2. The maximum atomic E-state index is 13.0. The average Bonchev–Trinajstić information content (AvgIpc) is 2.71. The Labute approximate surface area is 166 Å². The fourth-order valence-corrected chi connectivity index (χ4v) is 3.90. The Morgan fingerprint density at radius 2 is 1.93 bits per heavy atom. The Bertz CT molecular complexity index is 1040. The van der Waals surface area contributed by atoms with Gasteiger partial charge in [0.05, 0.1) is 15.8 Å². The van der Waals surface area contributed by atoms with Crippen LogP contribution in [0.25, 0.3) is 10.9 Å². The molecule has 0 aliphatic rings. The zero-order chi connectivity index (χ0) is 19.9. The van der Waals surface area contributed by atoms with Crippen molar-refractivity contribution in [3.63, 3.8) is 0 Å². The zero-order valence-electron chi connectivity index (χ0n) is 15.5. The molecule has 7 nitrogen and oxygen atoms in total. The van der Waals surface area contributed by atoms with Crippen molar-refractivity contribution in [3.05, 3.63) is 74.6 Å². The third-order valence-corrected chi connectivity index (χ3v) is 5.27. The SMILES string of the molecule is CCOCCCn1c(SCc2ccccc2[N+](=O)[O-])nc2ccccc2c1=O. The molecule has 0 atom stereocenters. The van der Waals surface area contributed by atoms with Crippen molar-refractivity contribution in [2.45, 2.75) is 30.8 Å². The van der Waals surface area contributed by atoms with Crippen molar-refractivity contribution >= 4 is 28.4 Å². The number of ether oxygens (including phenoxy) is 1. The number of fused-ring (bicyclic) bond motifs is 1. The molecule has 1 heterocycles. The molecule has 0 N–H and O–H groups in total. The van der Waals surface area contributed by atoms with Gasteiger partial charge in [0.25, 0.3) is 11.2 Å². The summed E-state index contributed by atoms with van der Waals surface area (Å²) in [7, 11) is 0. The highest BCUT2D eigenvalue weighted by Gasteiger charge is 2.16. The van der Waals surface area contributed by atoms with E-state index in [0.717, 1.165) is 0 Å². The lowest BCUT2D eigenvalue weighted by Gasteiger charge is -2.13. The number of thioether (sulfide) groups is 1. The van der Waals surface area contributed by atoms with Crippen molar-refractivity contribution in [3.8, 4) is 0 Å². The molecule has 3 rings (SSSR count). The minimum Gasteiger partial charge on any atom is -0.382 e. The first kappa shape index (κ1) is 20.0. The van der Waals surface area contributed by atoms with Crippen LogP contribution in [0.1, 0.15) is 18.9 Å². The number of hydrogen-bond donors (Lipinski definition) is 0. The molecule has 1 aromatic heterocycles. The van der Waals surface area contributed by atoms with E-state index in [9.17, 15) is 14.9 Å². The van der Waals surface area contributed by atoms with Gasteiger partial charge in [-0.3, -0.25) is 19.5 Å². The molecule has 0 aliphatic heterocycles. The molecule has 146 valence electrons. The van der Waals surface area contributed by atoms with E-state index in [-0.39, 0.29) is 16.2 Å². The summed E-state index contributed by atoms with van der Waals surface area (Å²) in [6.45, 7) is 3.60. The maximum absolute atomic E-state index is 13.0. The van der Waals surface area contributed by atoms with Gasteiger partial charge in [0.1, 0.15) is 0 Å². The molecule has 0 saturated heterocycles. The van der Waals surface area contributed by atoms with Crippen molar-refractivity contribution in [2.75, 3.05) is 13.2 Å². The fraction of sp³-hybridized carbons (Fsp3) is 0.300. The normalized spacial score (nSPS) is 11.0. The standard InChI is InChI=1S/C20H21N3O4S/c1-2-27-13-7-12-22-19(24)16-9-4-5-10-17(16)21-20(22)28-14-15-8-3-6-11-18(15)23(25)26/h3-6,8-11H,2,7,12-14H2,1H3. The summed E-state index contributed by atoms with van der Waals surface area (Å²) in [4.78, 5) is 28.5. The second-order valence-corrected chi connectivity index (χ2v) is 7.04. The topological polar surface area (TPSA) is 87.3 Å². The number of aromatic nitrogens is 2. The molecule has 0 fully saturated rings. The number of hydrogen-bond acceptors (Lipinski definition) is 6. The van der Waals surface area contributed by atoms with Crippen molar-refractivity contribution in [2.24, 2.45) is 0 Å². The minimum atomic E-state index is -0.390. The fourth-order valence-electron chi connectivity index (χ4n) is 2.88. The highest BCUT2D eigenvalue weighted by Crippen LogP contribution is 2.27. The summed E-state index contributed by atoms with van der Waals surface area (Å²) in [6.07, 6.45) is 0.687. The number of nitro groups is 1. The predicted molar refractivity (Wildman–Crippen MR) is 110 cm³/mol. The molecular weight excluding hydrogens is 378 g/mol. The van der Waals surface area contributed by atoms with Crippen LogP contribution in [0.15, 0.2) is 58.5 Å². The van der Waals surface area contributed by atoms with Crippen LogP contribution in [0, 0.1) is 10.1 Å². The van der Waals surface area contributed by atoms with E-state index < -0.39 is 0 Å². The Hall–Kier alpha value is -2.71. The summed E-state index contributed by atoms with van der Waals surface area (Å²) in [6, 6.07) is 13.8. The van der Waals surface area contributed by atoms with Gasteiger partial charge in [-0.1, -0.05) is 42.1 Å². The third-order valence-electron chi connectivity index (χ3n) is 4.25. The van der Waals surface area contributed by atoms with E-state index in [1.165, 1.54) is 17.8 Å². The van der Waals surface area contributed by atoms with Gasteiger partial charge in [0.2, 0.25) is 0 Å². The van der Waals surface area contributed by atoms with Crippen LogP contribution in [0.4, 0.5) is 5.69 Å².